The third-order valence-electron chi connectivity index (χ3n) is 5.27. The van der Waals surface area contributed by atoms with Crippen LogP contribution in [-0.4, -0.2) is 5.60 Å². The molecule has 0 atom stereocenters. The lowest BCUT2D eigenvalue weighted by molar-refractivity contribution is -0.329. The highest BCUT2D eigenvalue weighted by atomic mass is 19.1. The van der Waals surface area contributed by atoms with Gasteiger partial charge in [0.05, 0.1) is 5.69 Å². The second kappa shape index (κ2) is 4.35. The Labute approximate surface area is 118 Å². The van der Waals surface area contributed by atoms with E-state index < -0.39 is 5.82 Å². The molecule has 0 spiro atoms. The van der Waals surface area contributed by atoms with Crippen molar-refractivity contribution in [1.82, 2.24) is 0 Å². The first-order valence-corrected chi connectivity index (χ1v) is 7.53. The molecule has 0 amide bonds. The molecule has 0 aliphatic heterocycles. The van der Waals surface area contributed by atoms with Crippen LogP contribution in [-0.2, 0) is 4.89 Å². The number of nitrogen functional groups attached to an aromatic ring is 1. The second-order valence-electron chi connectivity index (χ2n) is 6.95. The first-order valence-electron chi connectivity index (χ1n) is 7.53. The Kier molecular flexibility index (Phi) is 2.71. The lowest BCUT2D eigenvalue weighted by atomic mass is 9.54. The van der Waals surface area contributed by atoms with Crippen molar-refractivity contribution in [3.8, 4) is 5.75 Å². The zero-order valence-corrected chi connectivity index (χ0v) is 11.5. The zero-order valence-electron chi connectivity index (χ0n) is 11.5. The normalized spacial score (nSPS) is 38.1. The van der Waals surface area contributed by atoms with Crippen LogP contribution >= 0.6 is 0 Å². The van der Waals surface area contributed by atoms with Crippen molar-refractivity contribution in [2.45, 2.75) is 44.1 Å². The molecule has 4 aliphatic carbocycles. The van der Waals surface area contributed by atoms with Gasteiger partial charge in [-0.05, 0) is 68.4 Å². The molecule has 0 radical (unpaired) electrons. The highest BCUT2D eigenvalue weighted by Gasteiger charge is 2.53. The van der Waals surface area contributed by atoms with E-state index in [-0.39, 0.29) is 11.3 Å². The molecule has 4 heteroatoms. The molecule has 0 aromatic heterocycles. The number of hydrogen-bond acceptors (Lipinski definition) is 3. The summed E-state index contributed by atoms with van der Waals surface area (Å²) in [6, 6.07) is 4.45. The van der Waals surface area contributed by atoms with Gasteiger partial charge in [-0.3, -0.25) is 0 Å². The number of nitrogens with two attached hydrogens (primary N) is 1. The predicted molar refractivity (Wildman–Crippen MR) is 73.4 cm³/mol. The molecule has 1 aromatic rings. The molecule has 0 heterocycles. The van der Waals surface area contributed by atoms with Crippen LogP contribution in [0.25, 0.3) is 0 Å². The van der Waals surface area contributed by atoms with E-state index in [1.165, 1.54) is 31.4 Å². The van der Waals surface area contributed by atoms with Crippen molar-refractivity contribution in [3.63, 3.8) is 0 Å². The van der Waals surface area contributed by atoms with Crippen LogP contribution in [0.1, 0.15) is 38.5 Å². The van der Waals surface area contributed by atoms with Crippen molar-refractivity contribution >= 4 is 5.69 Å². The molecule has 0 saturated heterocycles. The van der Waals surface area contributed by atoms with Gasteiger partial charge < -0.3 is 10.6 Å². The van der Waals surface area contributed by atoms with Gasteiger partial charge in [0, 0.05) is 6.07 Å². The quantitative estimate of drug-likeness (QED) is 0.520. The van der Waals surface area contributed by atoms with Crippen LogP contribution in [0, 0.1) is 23.6 Å². The first-order chi connectivity index (χ1) is 9.62. The lowest BCUT2D eigenvalue weighted by Crippen LogP contribution is -2.52. The number of rotatable bonds is 3. The van der Waals surface area contributed by atoms with E-state index in [2.05, 4.69) is 0 Å². The average molecular weight is 277 g/mol. The molecule has 5 rings (SSSR count). The Morgan fingerprint density at radius 2 is 1.65 bits per heavy atom. The summed E-state index contributed by atoms with van der Waals surface area (Å²) in [4.78, 5) is 11.2. The number of halogens is 1. The summed E-state index contributed by atoms with van der Waals surface area (Å²) in [5, 5.41) is 0. The predicted octanol–water partition coefficient (Wildman–Crippen LogP) is 3.69. The molecule has 4 aliphatic rings. The van der Waals surface area contributed by atoms with Crippen LogP contribution in [0.3, 0.4) is 0 Å². The van der Waals surface area contributed by atoms with Gasteiger partial charge in [0.15, 0.2) is 5.75 Å². The van der Waals surface area contributed by atoms with Gasteiger partial charge in [-0.15, -0.1) is 0 Å². The Bertz CT molecular complexity index is 496. The monoisotopic (exact) mass is 277 g/mol. The Morgan fingerprint density at radius 3 is 2.20 bits per heavy atom. The van der Waals surface area contributed by atoms with Crippen molar-refractivity contribution in [2.24, 2.45) is 17.8 Å². The van der Waals surface area contributed by atoms with E-state index in [9.17, 15) is 4.39 Å². The molecule has 20 heavy (non-hydrogen) atoms. The topological polar surface area (TPSA) is 44.5 Å². The molecular weight excluding hydrogens is 257 g/mol. The van der Waals surface area contributed by atoms with Gasteiger partial charge in [-0.25, -0.2) is 4.39 Å². The maximum Gasteiger partial charge on any atom is 0.168 e. The van der Waals surface area contributed by atoms with Gasteiger partial charge in [-0.1, -0.05) is 0 Å². The van der Waals surface area contributed by atoms with Crippen LogP contribution in [0.4, 0.5) is 10.1 Å². The molecule has 3 nitrogen and oxygen atoms in total. The Morgan fingerprint density at radius 1 is 1.05 bits per heavy atom. The highest BCUT2D eigenvalue weighted by Crippen LogP contribution is 2.57. The molecule has 4 fully saturated rings. The largest absolute Gasteiger partial charge is 0.396 e. The molecule has 1 aromatic carbocycles. The third-order valence-corrected chi connectivity index (χ3v) is 5.27. The Hall–Kier alpha value is -1.29. The molecule has 4 bridgehead atoms. The van der Waals surface area contributed by atoms with E-state index in [0.717, 1.165) is 37.0 Å². The van der Waals surface area contributed by atoms with E-state index in [4.69, 9.17) is 15.5 Å². The van der Waals surface area contributed by atoms with Gasteiger partial charge in [0.25, 0.3) is 0 Å². The summed E-state index contributed by atoms with van der Waals surface area (Å²) in [5.74, 6) is 2.33. The maximum absolute atomic E-state index is 13.4. The molecule has 4 saturated carbocycles. The van der Waals surface area contributed by atoms with Crippen LogP contribution in [0.15, 0.2) is 18.2 Å². The minimum Gasteiger partial charge on any atom is -0.396 e. The molecule has 0 unspecified atom stereocenters. The summed E-state index contributed by atoms with van der Waals surface area (Å²) < 4.78 is 13.4. The maximum atomic E-state index is 13.4. The number of benzene rings is 1. The summed E-state index contributed by atoms with van der Waals surface area (Å²) >= 11 is 0. The fourth-order valence-corrected chi connectivity index (χ4v) is 4.83. The van der Waals surface area contributed by atoms with E-state index >= 15 is 0 Å². The number of anilines is 1. The molecular formula is C16H20FNO2. The highest BCUT2D eigenvalue weighted by molar-refractivity contribution is 5.43. The van der Waals surface area contributed by atoms with Gasteiger partial charge >= 0.3 is 0 Å². The van der Waals surface area contributed by atoms with Crippen molar-refractivity contribution in [2.75, 3.05) is 5.73 Å². The lowest BCUT2D eigenvalue weighted by Gasteiger charge is -2.54. The van der Waals surface area contributed by atoms with Crippen molar-refractivity contribution < 1.29 is 14.2 Å². The number of hydrogen-bond donors (Lipinski definition) is 1. The SMILES string of the molecule is Nc1ccc(OOC23CC4CC(CC(C4)C2)C3)cc1F. The summed E-state index contributed by atoms with van der Waals surface area (Å²) in [6.07, 6.45) is 7.36. The van der Waals surface area contributed by atoms with E-state index in [0.29, 0.717) is 5.75 Å². The van der Waals surface area contributed by atoms with Gasteiger partial charge in [0.1, 0.15) is 11.4 Å². The Balaban J connectivity index is 1.47. The summed E-state index contributed by atoms with van der Waals surface area (Å²) in [5.41, 5.74) is 5.46. The second-order valence-corrected chi connectivity index (χ2v) is 6.95. The van der Waals surface area contributed by atoms with Crippen LogP contribution in [0.2, 0.25) is 0 Å². The fraction of sp³-hybridized carbons (Fsp3) is 0.625. The minimum atomic E-state index is -0.461. The smallest absolute Gasteiger partial charge is 0.168 e. The first kappa shape index (κ1) is 12.5. The third kappa shape index (κ3) is 2.06. The van der Waals surface area contributed by atoms with E-state index in [1.54, 1.807) is 6.07 Å². The molecule has 108 valence electrons. The van der Waals surface area contributed by atoms with Crippen LogP contribution < -0.4 is 10.6 Å². The molecule has 2 N–H and O–H groups in total. The van der Waals surface area contributed by atoms with Crippen LogP contribution in [0.5, 0.6) is 5.75 Å². The summed E-state index contributed by atoms with van der Waals surface area (Å²) in [6.45, 7) is 0. The minimum absolute atomic E-state index is 0.132. The fourth-order valence-electron chi connectivity index (χ4n) is 4.83. The van der Waals surface area contributed by atoms with Crippen molar-refractivity contribution in [3.05, 3.63) is 24.0 Å². The zero-order chi connectivity index (χ0) is 13.7. The standard InChI is InChI=1S/C16H20FNO2/c17-14-6-13(1-2-15(14)18)19-20-16-7-10-3-11(8-16)5-12(4-10)9-16/h1-2,6,10-12H,3-5,7-9,18H2. The van der Waals surface area contributed by atoms with Gasteiger partial charge in [0.2, 0.25) is 0 Å². The summed E-state index contributed by atoms with van der Waals surface area (Å²) in [7, 11) is 0. The van der Waals surface area contributed by atoms with E-state index in [1.807, 2.05) is 0 Å². The van der Waals surface area contributed by atoms with Gasteiger partial charge in [-0.2, -0.15) is 4.89 Å². The van der Waals surface area contributed by atoms with Crippen molar-refractivity contribution in [1.29, 1.82) is 0 Å². The average Bonchev–Trinajstić information content (AvgIpc) is 2.39.